The molecule has 2 fully saturated rings. The third-order valence-electron chi connectivity index (χ3n) is 4.26. The first kappa shape index (κ1) is 16.8. The molecule has 1 spiro atoms. The average Bonchev–Trinajstić information content (AvgIpc) is 2.80. The lowest BCUT2D eigenvalue weighted by atomic mass is 9.84. The zero-order valence-electron chi connectivity index (χ0n) is 12.1. The third kappa shape index (κ3) is 3.61. The molecule has 0 aromatic heterocycles. The van der Waals surface area contributed by atoms with Gasteiger partial charge in [-0.1, -0.05) is 0 Å². The molecule has 4 N–H and O–H groups in total. The highest BCUT2D eigenvalue weighted by atomic mass is 32.2. The van der Waals surface area contributed by atoms with Crippen molar-refractivity contribution in [1.29, 1.82) is 0 Å². The number of carbonyl (C=O) groups excluding carboxylic acids is 1. The van der Waals surface area contributed by atoms with Crippen LogP contribution in [0.2, 0.25) is 0 Å². The van der Waals surface area contributed by atoms with Crippen LogP contribution in [0.1, 0.15) is 25.7 Å². The van der Waals surface area contributed by atoms with E-state index in [-0.39, 0.29) is 17.9 Å². The predicted octanol–water partition coefficient (Wildman–Crippen LogP) is -1.44. The number of nitrogens with one attached hydrogen (secondary N) is 1. The number of aliphatic hydroxyl groups is 1. The van der Waals surface area contributed by atoms with Crippen LogP contribution in [0.3, 0.4) is 0 Å². The standard InChI is InChI=1S/C12H23N3O5S/c1-15(13)21(18,19)11(17)10(16)6-9-7-12(20-8-9)2-4-14-5-3-12/h9-10,14,16H,2-8,13H2,1H3. The van der Waals surface area contributed by atoms with Gasteiger partial charge in [-0.2, -0.15) is 0 Å². The molecule has 21 heavy (non-hydrogen) atoms. The van der Waals surface area contributed by atoms with Crippen molar-refractivity contribution >= 4 is 15.1 Å². The van der Waals surface area contributed by atoms with Gasteiger partial charge >= 0.3 is 0 Å². The monoisotopic (exact) mass is 321 g/mol. The Balaban J connectivity index is 1.92. The van der Waals surface area contributed by atoms with Crippen molar-refractivity contribution in [2.24, 2.45) is 11.8 Å². The Kier molecular flexibility index (Phi) is 5.01. The van der Waals surface area contributed by atoms with E-state index in [1.54, 1.807) is 0 Å². The van der Waals surface area contributed by atoms with Gasteiger partial charge in [0, 0.05) is 7.05 Å². The Morgan fingerprint density at radius 1 is 1.52 bits per heavy atom. The predicted molar refractivity (Wildman–Crippen MR) is 75.4 cm³/mol. The van der Waals surface area contributed by atoms with E-state index in [4.69, 9.17) is 10.6 Å². The topological polar surface area (TPSA) is 122 Å². The normalized spacial score (nSPS) is 27.1. The molecule has 0 aliphatic carbocycles. The Morgan fingerprint density at radius 3 is 2.71 bits per heavy atom. The number of piperidine rings is 1. The summed E-state index contributed by atoms with van der Waals surface area (Å²) in [4.78, 5) is 11.8. The second kappa shape index (κ2) is 6.27. The van der Waals surface area contributed by atoms with Gasteiger partial charge in [0.2, 0.25) is 0 Å². The zero-order chi connectivity index (χ0) is 15.7. The maximum absolute atomic E-state index is 11.8. The highest BCUT2D eigenvalue weighted by Crippen LogP contribution is 2.38. The van der Waals surface area contributed by atoms with Crippen molar-refractivity contribution in [1.82, 2.24) is 9.73 Å². The molecular formula is C12H23N3O5S. The number of hydrogen-bond donors (Lipinski definition) is 3. The number of nitrogens with two attached hydrogens (primary N) is 1. The second-order valence-electron chi connectivity index (χ2n) is 5.91. The lowest BCUT2D eigenvalue weighted by molar-refractivity contribution is -0.120. The maximum Gasteiger partial charge on any atom is 0.291 e. The quantitative estimate of drug-likeness (QED) is 0.428. The molecule has 2 heterocycles. The number of hydrazine groups is 1. The minimum atomic E-state index is -4.28. The summed E-state index contributed by atoms with van der Waals surface area (Å²) in [5.74, 6) is 5.10. The van der Waals surface area contributed by atoms with E-state index in [0.717, 1.165) is 39.4 Å². The third-order valence-corrected chi connectivity index (χ3v) is 5.80. The smallest absolute Gasteiger partial charge is 0.291 e. The molecule has 0 aromatic rings. The van der Waals surface area contributed by atoms with Crippen molar-refractivity contribution in [3.8, 4) is 0 Å². The first-order valence-corrected chi connectivity index (χ1v) is 8.51. The van der Waals surface area contributed by atoms with Gasteiger partial charge in [-0.25, -0.2) is 8.42 Å². The van der Waals surface area contributed by atoms with Crippen molar-refractivity contribution in [3.63, 3.8) is 0 Å². The van der Waals surface area contributed by atoms with Crippen molar-refractivity contribution in [2.45, 2.75) is 37.4 Å². The summed E-state index contributed by atoms with van der Waals surface area (Å²) >= 11 is 0. The number of aliphatic hydroxyl groups excluding tert-OH is 1. The molecule has 2 aliphatic heterocycles. The Labute approximate surface area is 124 Å². The number of carbonyl (C=O) groups is 1. The van der Waals surface area contributed by atoms with Crippen molar-refractivity contribution < 1.29 is 23.1 Å². The molecule has 0 aromatic carbocycles. The average molecular weight is 321 g/mol. The molecule has 2 saturated heterocycles. The Hall–Kier alpha value is -0.580. The molecule has 8 nitrogen and oxygen atoms in total. The number of sulfonamides is 1. The van der Waals surface area contributed by atoms with E-state index in [1.807, 2.05) is 0 Å². The molecule has 2 aliphatic rings. The van der Waals surface area contributed by atoms with E-state index in [2.05, 4.69) is 5.32 Å². The van der Waals surface area contributed by atoms with Crippen LogP contribution in [0.15, 0.2) is 0 Å². The van der Waals surface area contributed by atoms with Crippen LogP contribution in [-0.2, 0) is 19.6 Å². The highest BCUT2D eigenvalue weighted by molar-refractivity contribution is 8.04. The number of hydrogen-bond acceptors (Lipinski definition) is 7. The number of rotatable bonds is 4. The molecular weight excluding hydrogens is 298 g/mol. The zero-order valence-corrected chi connectivity index (χ0v) is 12.9. The molecule has 122 valence electrons. The molecule has 0 radical (unpaired) electrons. The Bertz CT molecular complexity index is 487. The second-order valence-corrected chi connectivity index (χ2v) is 7.83. The molecule has 2 unspecified atom stereocenters. The van der Waals surface area contributed by atoms with Crippen LogP contribution in [-0.4, -0.2) is 61.5 Å². The van der Waals surface area contributed by atoms with E-state index in [9.17, 15) is 18.3 Å². The van der Waals surface area contributed by atoms with E-state index < -0.39 is 21.2 Å². The molecule has 2 rings (SSSR count). The lowest BCUT2D eigenvalue weighted by Gasteiger charge is -2.33. The fraction of sp³-hybridized carbons (Fsp3) is 0.917. The van der Waals surface area contributed by atoms with Gasteiger partial charge in [0.25, 0.3) is 15.1 Å². The summed E-state index contributed by atoms with van der Waals surface area (Å²) in [5.41, 5.74) is -0.178. The van der Waals surface area contributed by atoms with Crippen LogP contribution >= 0.6 is 0 Å². The van der Waals surface area contributed by atoms with E-state index >= 15 is 0 Å². The molecule has 0 bridgehead atoms. The van der Waals surface area contributed by atoms with Gasteiger partial charge < -0.3 is 15.2 Å². The first-order valence-electron chi connectivity index (χ1n) is 7.07. The molecule has 2 atom stereocenters. The van der Waals surface area contributed by atoms with Crippen LogP contribution in [0.5, 0.6) is 0 Å². The molecule has 0 saturated carbocycles. The summed E-state index contributed by atoms with van der Waals surface area (Å²) in [7, 11) is -3.22. The van der Waals surface area contributed by atoms with Crippen LogP contribution in [0.4, 0.5) is 0 Å². The Morgan fingerprint density at radius 2 is 2.14 bits per heavy atom. The summed E-state index contributed by atoms with van der Waals surface area (Å²) in [6.07, 6.45) is 1.07. The molecule has 9 heteroatoms. The van der Waals surface area contributed by atoms with Gasteiger partial charge in [0.1, 0.15) is 6.10 Å². The SMILES string of the molecule is CN(N)S(=O)(=O)C(=O)C(O)CC1COC2(CCNCC2)C1. The van der Waals surface area contributed by atoms with Crippen LogP contribution in [0, 0.1) is 5.92 Å². The fourth-order valence-electron chi connectivity index (χ4n) is 3.05. The fourth-order valence-corrected chi connectivity index (χ4v) is 3.77. The summed E-state index contributed by atoms with van der Waals surface area (Å²) in [6, 6.07) is 0. The van der Waals surface area contributed by atoms with Crippen molar-refractivity contribution in [3.05, 3.63) is 0 Å². The lowest BCUT2D eigenvalue weighted by Crippen LogP contribution is -2.43. The minimum Gasteiger partial charge on any atom is -0.384 e. The summed E-state index contributed by atoms with van der Waals surface area (Å²) in [5, 5.41) is 11.9. The van der Waals surface area contributed by atoms with Gasteiger partial charge in [0.15, 0.2) is 0 Å². The van der Waals surface area contributed by atoms with Gasteiger partial charge in [0.05, 0.1) is 12.2 Å². The maximum atomic E-state index is 11.8. The highest BCUT2D eigenvalue weighted by Gasteiger charge is 2.43. The van der Waals surface area contributed by atoms with Crippen molar-refractivity contribution in [2.75, 3.05) is 26.7 Å². The van der Waals surface area contributed by atoms with Gasteiger partial charge in [-0.15, -0.1) is 4.41 Å². The summed E-state index contributed by atoms with van der Waals surface area (Å²) in [6.45, 7) is 2.23. The number of ether oxygens (including phenoxy) is 1. The van der Waals surface area contributed by atoms with Gasteiger partial charge in [-0.05, 0) is 44.7 Å². The van der Waals surface area contributed by atoms with Gasteiger partial charge in [-0.3, -0.25) is 10.6 Å². The first-order chi connectivity index (χ1) is 9.77. The van der Waals surface area contributed by atoms with E-state index in [0.29, 0.717) is 11.0 Å². The van der Waals surface area contributed by atoms with Crippen LogP contribution in [0.25, 0.3) is 0 Å². The molecule has 0 amide bonds. The van der Waals surface area contributed by atoms with Crippen LogP contribution < -0.4 is 11.2 Å². The summed E-state index contributed by atoms with van der Waals surface area (Å²) < 4.78 is 29.4. The number of nitrogens with zero attached hydrogens (tertiary/aromatic N) is 1. The largest absolute Gasteiger partial charge is 0.384 e. The van der Waals surface area contributed by atoms with E-state index in [1.165, 1.54) is 0 Å². The minimum absolute atomic E-state index is 0.0136.